The van der Waals surface area contributed by atoms with Gasteiger partial charge in [0.25, 0.3) is 5.69 Å². The van der Waals surface area contributed by atoms with Crippen LogP contribution in [0.15, 0.2) is 128 Å². The van der Waals surface area contributed by atoms with Gasteiger partial charge in [0.1, 0.15) is 4.90 Å². The lowest BCUT2D eigenvalue weighted by atomic mass is 9.63. The first-order valence-corrected chi connectivity index (χ1v) is 23.7. The summed E-state index contributed by atoms with van der Waals surface area (Å²) in [5.41, 5.74) is 11.8. The maximum atomic E-state index is 12.8. The van der Waals surface area contributed by atoms with Crippen molar-refractivity contribution in [2.75, 3.05) is 29.5 Å². The van der Waals surface area contributed by atoms with Gasteiger partial charge in [0.15, 0.2) is 4.90 Å². The number of sulfonamides is 2. The highest BCUT2D eigenvalue weighted by atomic mass is 79.9. The number of fused-ring (bicyclic) bond motifs is 6. The Morgan fingerprint density at radius 1 is 0.717 bits per heavy atom. The van der Waals surface area contributed by atoms with Gasteiger partial charge in [-0.2, -0.15) is 0 Å². The molecule has 2 fully saturated rings. The average molecular weight is 987 g/mol. The number of nitrogen functional groups attached to an aromatic ring is 1. The predicted octanol–water partition coefficient (Wildman–Crippen LogP) is 9.94. The third kappa shape index (κ3) is 8.68. The van der Waals surface area contributed by atoms with Gasteiger partial charge in [-0.1, -0.05) is 95.3 Å². The first-order valence-electron chi connectivity index (χ1n) is 19.2. The molecule has 16 heteroatoms. The summed E-state index contributed by atoms with van der Waals surface area (Å²) < 4.78 is 58.4. The average Bonchev–Trinajstić information content (AvgIpc) is 3.68. The Hall–Kier alpha value is -4.06. The van der Waals surface area contributed by atoms with Gasteiger partial charge in [-0.15, -0.1) is 0 Å². The zero-order chi connectivity index (χ0) is 41.5. The molecule has 0 amide bonds. The second kappa shape index (κ2) is 18.5. The van der Waals surface area contributed by atoms with Gasteiger partial charge in [-0.05, 0) is 117 Å². The minimum Gasteiger partial charge on any atom is -0.398 e. The SMILES string of the molecule is C.C.C=C1CCC[C@@H]2Nc3ccc(Br)cc3[C@]12CCNS(=O)(=O)c1ccccc1N.C=C1CCC[C@@H]2Nc3ccc(Br)cc3[C@]12CCNS(=O)(=O)c1ccccc1[N+](=O)[O-]. The Kier molecular flexibility index (Phi) is 14.5. The van der Waals surface area contributed by atoms with Gasteiger partial charge in [-0.25, -0.2) is 26.3 Å². The van der Waals surface area contributed by atoms with Crippen molar-refractivity contribution >= 4 is 74.7 Å². The number of rotatable bonds is 11. The summed E-state index contributed by atoms with van der Waals surface area (Å²) >= 11 is 7.13. The minimum atomic E-state index is -4.02. The van der Waals surface area contributed by atoms with E-state index in [0.29, 0.717) is 19.4 Å². The summed E-state index contributed by atoms with van der Waals surface area (Å²) in [6.07, 6.45) is 7.18. The third-order valence-corrected chi connectivity index (χ3v) is 16.2. The molecular weight excluding hydrogens is 932 g/mol. The van der Waals surface area contributed by atoms with Crippen molar-refractivity contribution in [1.82, 2.24) is 9.44 Å². The summed E-state index contributed by atoms with van der Waals surface area (Å²) in [6, 6.07) is 24.7. The van der Waals surface area contributed by atoms with Gasteiger partial charge >= 0.3 is 0 Å². The summed E-state index contributed by atoms with van der Waals surface area (Å²) in [5, 5.41) is 18.5. The number of benzene rings is 4. The Bertz CT molecular complexity index is 2520. The van der Waals surface area contributed by atoms with Crippen LogP contribution < -0.4 is 25.8 Å². The number of halogens is 2. The molecule has 2 aliphatic carbocycles. The molecular formula is C44H54Br2N6O6S2. The number of hydrogen-bond acceptors (Lipinski definition) is 9. The molecule has 322 valence electrons. The van der Waals surface area contributed by atoms with Gasteiger partial charge in [-0.3, -0.25) is 10.1 Å². The number of nitro benzene ring substituents is 1. The smallest absolute Gasteiger partial charge is 0.289 e. The number of nitrogens with two attached hydrogens (primary N) is 1. The zero-order valence-electron chi connectivity index (χ0n) is 31.8. The van der Waals surface area contributed by atoms with Crippen LogP contribution in [0.4, 0.5) is 22.7 Å². The normalized spacial score (nSPS) is 22.5. The highest BCUT2D eigenvalue weighted by Gasteiger charge is 2.51. The van der Waals surface area contributed by atoms with Crippen LogP contribution in [0.2, 0.25) is 0 Å². The Balaban J connectivity index is 0.000000221. The van der Waals surface area contributed by atoms with Crippen molar-refractivity contribution in [3.8, 4) is 0 Å². The second-order valence-corrected chi connectivity index (χ2v) is 20.6. The monoisotopic (exact) mass is 984 g/mol. The molecule has 60 heavy (non-hydrogen) atoms. The minimum absolute atomic E-state index is 0. The van der Waals surface area contributed by atoms with Crippen LogP contribution in [0.1, 0.15) is 77.3 Å². The predicted molar refractivity (Wildman–Crippen MR) is 249 cm³/mol. The molecule has 2 saturated carbocycles. The summed E-state index contributed by atoms with van der Waals surface area (Å²) in [7, 11) is -7.68. The van der Waals surface area contributed by atoms with Crippen LogP contribution in [0.5, 0.6) is 0 Å². The van der Waals surface area contributed by atoms with Crippen molar-refractivity contribution in [3.05, 3.63) is 139 Å². The molecule has 2 heterocycles. The lowest BCUT2D eigenvalue weighted by Crippen LogP contribution is -2.45. The standard InChI is InChI=1S/C21H22BrN3O4S.C21H24BrN3O2S.2CH4/c1-14-5-4-8-20-21(14,16-13-15(22)9-10-17(16)24-20)11-12-23-30(28,29)19-7-3-2-6-18(19)25(26)27;1-14-5-4-8-20-21(14,16-13-15(22)9-10-18(16)25-20)11-12-24-28(26,27)19-7-3-2-6-17(19)23;;/h2-3,6-7,9-10,13,20,23-24H,1,4-5,8,11-12H2;2-3,6-7,9-10,13,20,24-25H,1,4-5,8,11-12,23H2;2*1H4/t2*20-,21-;;/m00../s1. The molecule has 8 rings (SSSR count). The molecule has 4 aliphatic rings. The fourth-order valence-electron chi connectivity index (χ4n) is 9.47. The van der Waals surface area contributed by atoms with E-state index in [9.17, 15) is 26.9 Å². The number of nitro groups is 1. The summed E-state index contributed by atoms with van der Waals surface area (Å²) in [6.45, 7) is 9.21. The maximum absolute atomic E-state index is 12.8. The van der Waals surface area contributed by atoms with E-state index in [4.69, 9.17) is 5.73 Å². The molecule has 4 aromatic rings. The van der Waals surface area contributed by atoms with Gasteiger partial charge in [0, 0.05) is 62.4 Å². The molecule has 2 aliphatic heterocycles. The molecule has 0 bridgehead atoms. The quantitative estimate of drug-likeness (QED) is 0.0422. The van der Waals surface area contributed by atoms with Crippen molar-refractivity contribution in [2.24, 2.45) is 0 Å². The topological polar surface area (TPSA) is 186 Å². The molecule has 0 saturated heterocycles. The molecule has 0 radical (unpaired) electrons. The van der Waals surface area contributed by atoms with Crippen molar-refractivity contribution in [3.63, 3.8) is 0 Å². The van der Waals surface area contributed by atoms with Crippen molar-refractivity contribution in [2.45, 2.75) is 98.9 Å². The van der Waals surface area contributed by atoms with E-state index in [1.165, 1.54) is 41.5 Å². The largest absolute Gasteiger partial charge is 0.398 e. The fraction of sp³-hybridized carbons (Fsp3) is 0.364. The molecule has 0 aromatic heterocycles. The molecule has 6 N–H and O–H groups in total. The van der Waals surface area contributed by atoms with Crippen LogP contribution in [-0.2, 0) is 30.9 Å². The molecule has 4 atom stereocenters. The highest BCUT2D eigenvalue weighted by molar-refractivity contribution is 9.10. The first-order chi connectivity index (χ1) is 27.6. The van der Waals surface area contributed by atoms with Crippen LogP contribution >= 0.6 is 31.9 Å². The van der Waals surface area contributed by atoms with Crippen LogP contribution in [0.3, 0.4) is 0 Å². The lowest BCUT2D eigenvalue weighted by Gasteiger charge is -2.42. The number of anilines is 3. The molecule has 0 spiro atoms. The van der Waals surface area contributed by atoms with E-state index in [2.05, 4.69) is 83.3 Å². The third-order valence-electron chi connectivity index (χ3n) is 12.2. The number of nitrogens with one attached hydrogen (secondary N) is 4. The van der Waals surface area contributed by atoms with Gasteiger partial charge < -0.3 is 16.4 Å². The number of nitrogens with zero attached hydrogens (tertiary/aromatic N) is 1. The Morgan fingerprint density at radius 3 is 1.62 bits per heavy atom. The number of para-hydroxylation sites is 2. The van der Waals surface area contributed by atoms with E-state index in [-0.39, 0.29) is 59.8 Å². The maximum Gasteiger partial charge on any atom is 0.289 e. The summed E-state index contributed by atoms with van der Waals surface area (Å²) in [5.74, 6) is 0. The van der Waals surface area contributed by atoms with E-state index in [0.717, 1.165) is 70.0 Å². The van der Waals surface area contributed by atoms with Gasteiger partial charge in [0.2, 0.25) is 20.0 Å². The number of hydrogen-bond donors (Lipinski definition) is 5. The fourth-order valence-corrected chi connectivity index (χ4v) is 12.6. The van der Waals surface area contributed by atoms with Crippen LogP contribution in [-0.4, -0.2) is 46.9 Å². The van der Waals surface area contributed by atoms with Gasteiger partial charge in [0.05, 0.1) is 10.6 Å². The van der Waals surface area contributed by atoms with E-state index in [1.807, 2.05) is 18.2 Å². The van der Waals surface area contributed by atoms with Crippen molar-refractivity contribution in [1.29, 1.82) is 0 Å². The van der Waals surface area contributed by atoms with E-state index >= 15 is 0 Å². The second-order valence-electron chi connectivity index (χ2n) is 15.3. The molecule has 0 unspecified atom stereocenters. The van der Waals surface area contributed by atoms with Crippen LogP contribution in [0, 0.1) is 10.1 Å². The van der Waals surface area contributed by atoms with E-state index < -0.39 is 30.7 Å². The van der Waals surface area contributed by atoms with Crippen molar-refractivity contribution < 1.29 is 21.8 Å². The molecule has 12 nitrogen and oxygen atoms in total. The lowest BCUT2D eigenvalue weighted by molar-refractivity contribution is -0.387. The Labute approximate surface area is 371 Å². The zero-order valence-corrected chi connectivity index (χ0v) is 36.6. The first kappa shape index (κ1) is 47.0. The summed E-state index contributed by atoms with van der Waals surface area (Å²) in [4.78, 5) is 10.4. The Morgan fingerprint density at radius 2 is 1.15 bits per heavy atom. The highest BCUT2D eigenvalue weighted by Crippen LogP contribution is 2.55. The van der Waals surface area contributed by atoms with E-state index in [1.54, 1.807) is 18.2 Å². The molecule has 4 aromatic carbocycles. The van der Waals surface area contributed by atoms with Crippen LogP contribution in [0.25, 0.3) is 0 Å².